The molecule has 0 aromatic heterocycles. The summed E-state index contributed by atoms with van der Waals surface area (Å²) in [6.45, 7) is 1.94. The van der Waals surface area contributed by atoms with Crippen LogP contribution in [0, 0.1) is 0 Å². The molecule has 11 heteroatoms. The number of piperidine rings is 1. The number of hydrogen-bond acceptors (Lipinski definition) is 8. The van der Waals surface area contributed by atoms with E-state index in [-0.39, 0.29) is 16.8 Å². The molecular weight excluding hydrogens is 462 g/mol. The maximum atomic E-state index is 12.5. The summed E-state index contributed by atoms with van der Waals surface area (Å²) < 4.78 is 36.7. The van der Waals surface area contributed by atoms with E-state index >= 15 is 0 Å². The third-order valence-corrected chi connectivity index (χ3v) is 6.43. The molecule has 1 aliphatic heterocycles. The van der Waals surface area contributed by atoms with Crippen molar-refractivity contribution >= 4 is 44.9 Å². The highest BCUT2D eigenvalue weighted by Crippen LogP contribution is 2.22. The number of carbonyl (C=O) groups is 3. The lowest BCUT2D eigenvalue weighted by Gasteiger charge is -2.28. The molecule has 2 aromatic rings. The quantitative estimate of drug-likeness (QED) is 0.541. The number of anilines is 3. The lowest BCUT2D eigenvalue weighted by molar-refractivity contribution is -0.113. The van der Waals surface area contributed by atoms with Gasteiger partial charge in [0.1, 0.15) is 5.75 Å². The summed E-state index contributed by atoms with van der Waals surface area (Å²) in [5.74, 6) is -3.18. The number of sulfonamides is 1. The SMILES string of the molecule is COC(=O)c1cc(NC(=O)CS(=O)(=O)Nc2ccc(N3CCCCC3)cc2)cc(C(=O)OC)c1. The highest BCUT2D eigenvalue weighted by atomic mass is 32.2. The van der Waals surface area contributed by atoms with Crippen LogP contribution in [0.4, 0.5) is 17.1 Å². The minimum atomic E-state index is -4.01. The molecular formula is C23H27N3O7S. The van der Waals surface area contributed by atoms with E-state index in [1.54, 1.807) is 12.1 Å². The summed E-state index contributed by atoms with van der Waals surface area (Å²) in [6.07, 6.45) is 3.48. The van der Waals surface area contributed by atoms with E-state index in [0.29, 0.717) is 5.69 Å². The Labute approximate surface area is 198 Å². The average molecular weight is 490 g/mol. The monoisotopic (exact) mass is 489 g/mol. The molecule has 0 saturated carbocycles. The van der Waals surface area contributed by atoms with Gasteiger partial charge in [-0.25, -0.2) is 18.0 Å². The van der Waals surface area contributed by atoms with Crippen LogP contribution in [0.15, 0.2) is 42.5 Å². The van der Waals surface area contributed by atoms with Crippen LogP contribution in [-0.4, -0.2) is 59.3 Å². The summed E-state index contributed by atoms with van der Waals surface area (Å²) >= 11 is 0. The van der Waals surface area contributed by atoms with Crippen LogP contribution in [0.5, 0.6) is 0 Å². The number of ether oxygens (including phenoxy) is 2. The summed E-state index contributed by atoms with van der Waals surface area (Å²) in [4.78, 5) is 38.4. The second-order valence-electron chi connectivity index (χ2n) is 7.79. The Hall–Kier alpha value is -3.60. The Morgan fingerprint density at radius 3 is 1.94 bits per heavy atom. The van der Waals surface area contributed by atoms with Crippen LogP contribution < -0.4 is 14.9 Å². The van der Waals surface area contributed by atoms with Gasteiger partial charge in [0.2, 0.25) is 15.9 Å². The molecule has 0 spiro atoms. The maximum absolute atomic E-state index is 12.5. The number of nitrogens with zero attached hydrogens (tertiary/aromatic N) is 1. The lowest BCUT2D eigenvalue weighted by atomic mass is 10.1. The third-order valence-electron chi connectivity index (χ3n) is 5.24. The highest BCUT2D eigenvalue weighted by Gasteiger charge is 2.20. The van der Waals surface area contributed by atoms with Gasteiger partial charge in [-0.2, -0.15) is 0 Å². The molecule has 1 aliphatic rings. The normalized spacial score (nSPS) is 13.6. The molecule has 10 nitrogen and oxygen atoms in total. The fraction of sp³-hybridized carbons (Fsp3) is 0.348. The Balaban J connectivity index is 1.66. The Morgan fingerprint density at radius 2 is 1.41 bits per heavy atom. The van der Waals surface area contributed by atoms with Gasteiger partial charge in [0.15, 0.2) is 0 Å². The Morgan fingerprint density at radius 1 is 0.853 bits per heavy atom. The number of methoxy groups -OCH3 is 2. The van der Waals surface area contributed by atoms with Gasteiger partial charge in [-0.3, -0.25) is 9.52 Å². The van der Waals surface area contributed by atoms with Crippen molar-refractivity contribution < 1.29 is 32.3 Å². The minimum absolute atomic E-state index is 0.00419. The first-order valence-corrected chi connectivity index (χ1v) is 12.3. The number of carbonyl (C=O) groups excluding carboxylic acids is 3. The van der Waals surface area contributed by atoms with E-state index in [0.717, 1.165) is 31.6 Å². The van der Waals surface area contributed by atoms with Gasteiger partial charge in [0.25, 0.3) is 0 Å². The summed E-state index contributed by atoms with van der Waals surface area (Å²) in [5, 5.41) is 2.39. The molecule has 2 N–H and O–H groups in total. The minimum Gasteiger partial charge on any atom is -0.465 e. The van der Waals surface area contributed by atoms with E-state index in [1.807, 2.05) is 12.1 Å². The fourth-order valence-corrected chi connectivity index (χ4v) is 4.63. The van der Waals surface area contributed by atoms with Gasteiger partial charge < -0.3 is 19.7 Å². The fourth-order valence-electron chi connectivity index (χ4n) is 3.65. The van der Waals surface area contributed by atoms with Crippen molar-refractivity contribution in [2.75, 3.05) is 48.0 Å². The highest BCUT2D eigenvalue weighted by molar-refractivity contribution is 7.93. The van der Waals surface area contributed by atoms with Crippen LogP contribution >= 0.6 is 0 Å². The standard InChI is InChI=1S/C23H27N3O7S/c1-32-22(28)16-12-17(23(29)33-2)14-19(13-16)24-21(27)15-34(30,31)25-18-6-8-20(9-7-18)26-10-4-3-5-11-26/h6-9,12-14,25H,3-5,10-11,15H2,1-2H3,(H,24,27). The molecule has 2 aromatic carbocycles. The van der Waals surface area contributed by atoms with Crippen molar-refractivity contribution in [3.05, 3.63) is 53.6 Å². The van der Waals surface area contributed by atoms with Gasteiger partial charge >= 0.3 is 11.9 Å². The van der Waals surface area contributed by atoms with Gasteiger partial charge in [0.05, 0.1) is 25.3 Å². The molecule has 0 radical (unpaired) electrons. The number of nitrogens with one attached hydrogen (secondary N) is 2. The molecule has 1 heterocycles. The van der Waals surface area contributed by atoms with E-state index < -0.39 is 33.6 Å². The smallest absolute Gasteiger partial charge is 0.337 e. The lowest BCUT2D eigenvalue weighted by Crippen LogP contribution is -2.29. The molecule has 1 amide bonds. The molecule has 182 valence electrons. The van der Waals surface area contributed by atoms with Crippen LogP contribution in [0.1, 0.15) is 40.0 Å². The van der Waals surface area contributed by atoms with Crippen molar-refractivity contribution in [3.63, 3.8) is 0 Å². The van der Waals surface area contributed by atoms with Gasteiger partial charge in [-0.15, -0.1) is 0 Å². The number of esters is 2. The average Bonchev–Trinajstić information content (AvgIpc) is 2.83. The number of rotatable bonds is 8. The molecule has 1 fully saturated rings. The maximum Gasteiger partial charge on any atom is 0.337 e. The van der Waals surface area contributed by atoms with Crippen molar-refractivity contribution in [1.82, 2.24) is 0 Å². The van der Waals surface area contributed by atoms with Crippen LogP contribution in [-0.2, 0) is 24.3 Å². The van der Waals surface area contributed by atoms with Crippen LogP contribution in [0.2, 0.25) is 0 Å². The molecule has 1 saturated heterocycles. The van der Waals surface area contributed by atoms with E-state index in [2.05, 4.69) is 24.4 Å². The van der Waals surface area contributed by atoms with Gasteiger partial charge in [-0.05, 0) is 61.7 Å². The van der Waals surface area contributed by atoms with Crippen molar-refractivity contribution in [2.24, 2.45) is 0 Å². The molecule has 3 rings (SSSR count). The molecule has 0 bridgehead atoms. The zero-order valence-electron chi connectivity index (χ0n) is 19.0. The first kappa shape index (κ1) is 25.0. The van der Waals surface area contributed by atoms with E-state index in [1.165, 1.54) is 38.8 Å². The summed E-state index contributed by atoms with van der Waals surface area (Å²) in [7, 11) is -1.67. The molecule has 0 unspecified atom stereocenters. The number of amides is 1. The second-order valence-corrected chi connectivity index (χ2v) is 9.51. The Kier molecular flexibility index (Phi) is 8.11. The molecule has 0 atom stereocenters. The predicted octanol–water partition coefficient (Wildman–Crippen LogP) is 2.63. The zero-order chi connectivity index (χ0) is 24.7. The predicted molar refractivity (Wildman–Crippen MR) is 128 cm³/mol. The second kappa shape index (κ2) is 11.0. The molecule has 0 aliphatic carbocycles. The Bertz CT molecular complexity index is 1120. The zero-order valence-corrected chi connectivity index (χ0v) is 19.8. The third kappa shape index (κ3) is 6.70. The topological polar surface area (TPSA) is 131 Å². The van der Waals surface area contributed by atoms with Crippen LogP contribution in [0.3, 0.4) is 0 Å². The summed E-state index contributed by atoms with van der Waals surface area (Å²) in [6, 6.07) is 10.8. The van der Waals surface area contributed by atoms with E-state index in [9.17, 15) is 22.8 Å². The van der Waals surface area contributed by atoms with Gasteiger partial charge in [-0.1, -0.05) is 0 Å². The molecule has 34 heavy (non-hydrogen) atoms. The van der Waals surface area contributed by atoms with E-state index in [4.69, 9.17) is 0 Å². The van der Waals surface area contributed by atoms with Crippen LogP contribution in [0.25, 0.3) is 0 Å². The first-order chi connectivity index (χ1) is 16.2. The van der Waals surface area contributed by atoms with Crippen molar-refractivity contribution in [3.8, 4) is 0 Å². The van der Waals surface area contributed by atoms with Gasteiger partial charge in [0, 0.05) is 30.2 Å². The first-order valence-electron chi connectivity index (χ1n) is 10.7. The van der Waals surface area contributed by atoms with Crippen molar-refractivity contribution in [2.45, 2.75) is 19.3 Å². The largest absolute Gasteiger partial charge is 0.465 e. The summed E-state index contributed by atoms with van der Waals surface area (Å²) in [5.41, 5.74) is 1.40. The number of benzene rings is 2. The van der Waals surface area contributed by atoms with Crippen molar-refractivity contribution in [1.29, 1.82) is 0 Å². The number of hydrogen-bond donors (Lipinski definition) is 2.